The Morgan fingerprint density at radius 2 is 1.69 bits per heavy atom. The van der Waals surface area contributed by atoms with Crippen molar-refractivity contribution < 1.29 is 9.90 Å². The zero-order valence-electron chi connectivity index (χ0n) is 14.5. The number of nitrogens with zero attached hydrogens (tertiary/aromatic N) is 1. The van der Waals surface area contributed by atoms with Gasteiger partial charge in [-0.2, -0.15) is 0 Å². The number of aliphatic hydroxyl groups is 1. The molecule has 0 aromatic heterocycles. The second-order valence-corrected chi connectivity index (χ2v) is 6.47. The van der Waals surface area contributed by atoms with Gasteiger partial charge in [0, 0.05) is 23.1 Å². The number of nitrogens with one attached hydrogen (secondary N) is 1. The minimum atomic E-state index is -0.234. The molecule has 26 heavy (non-hydrogen) atoms. The van der Waals surface area contributed by atoms with E-state index in [2.05, 4.69) is 22.4 Å². The van der Waals surface area contributed by atoms with Crippen LogP contribution in [-0.4, -0.2) is 36.4 Å². The van der Waals surface area contributed by atoms with E-state index in [4.69, 9.17) is 0 Å². The molecule has 1 aliphatic heterocycles. The van der Waals surface area contributed by atoms with Crippen molar-refractivity contribution in [3.63, 3.8) is 0 Å². The number of benzene rings is 3. The Bertz CT molecular complexity index is 1000. The first-order valence-corrected chi connectivity index (χ1v) is 8.72. The Morgan fingerprint density at radius 3 is 2.50 bits per heavy atom. The van der Waals surface area contributed by atoms with Crippen molar-refractivity contribution in [3.05, 3.63) is 83.4 Å². The average molecular weight is 344 g/mol. The van der Waals surface area contributed by atoms with Gasteiger partial charge in [-0.3, -0.25) is 4.79 Å². The Labute approximate surface area is 152 Å². The highest BCUT2D eigenvalue weighted by atomic mass is 16.3. The molecule has 3 aromatic rings. The summed E-state index contributed by atoms with van der Waals surface area (Å²) in [5, 5.41) is 15.3. The second kappa shape index (κ2) is 6.83. The fourth-order valence-electron chi connectivity index (χ4n) is 3.80. The van der Waals surface area contributed by atoms with Gasteiger partial charge in [0.2, 0.25) is 0 Å². The molecule has 4 heteroatoms. The van der Waals surface area contributed by atoms with Crippen LogP contribution in [0, 0.1) is 0 Å². The third kappa shape index (κ3) is 2.64. The summed E-state index contributed by atoms with van der Waals surface area (Å²) in [6, 6.07) is 21.4. The van der Waals surface area contributed by atoms with Crippen molar-refractivity contribution in [2.75, 3.05) is 13.7 Å². The summed E-state index contributed by atoms with van der Waals surface area (Å²) in [6.45, 7) is -0.0481. The highest BCUT2D eigenvalue weighted by molar-refractivity contribution is 6.21. The Morgan fingerprint density at radius 1 is 1.00 bits per heavy atom. The van der Waals surface area contributed by atoms with Gasteiger partial charge in [0.1, 0.15) is 0 Å². The molecule has 0 radical (unpaired) electrons. The van der Waals surface area contributed by atoms with E-state index in [1.54, 1.807) is 6.07 Å². The van der Waals surface area contributed by atoms with Crippen LogP contribution in [0.2, 0.25) is 0 Å². The smallest absolute Gasteiger partial charge is 0.277 e. The summed E-state index contributed by atoms with van der Waals surface area (Å²) in [6.07, 6.45) is 0. The summed E-state index contributed by atoms with van der Waals surface area (Å²) in [5.74, 6) is -0.433. The van der Waals surface area contributed by atoms with Gasteiger partial charge in [-0.05, 0) is 29.4 Å². The van der Waals surface area contributed by atoms with Gasteiger partial charge < -0.3 is 10.4 Å². The lowest BCUT2D eigenvalue weighted by Crippen LogP contribution is -2.42. The molecule has 0 aliphatic carbocycles. The second-order valence-electron chi connectivity index (χ2n) is 6.47. The van der Waals surface area contributed by atoms with Gasteiger partial charge in [0.25, 0.3) is 5.91 Å². The minimum absolute atomic E-state index is 0.0481. The lowest BCUT2D eigenvalue weighted by Gasteiger charge is -2.31. The molecule has 2 N–H and O–H groups in total. The zero-order valence-corrected chi connectivity index (χ0v) is 14.5. The largest absolute Gasteiger partial charge is 0.395 e. The van der Waals surface area contributed by atoms with Crippen LogP contribution in [0.1, 0.15) is 27.4 Å². The maximum absolute atomic E-state index is 12.7. The van der Waals surface area contributed by atoms with Crippen LogP contribution in [0.5, 0.6) is 0 Å². The van der Waals surface area contributed by atoms with E-state index in [0.717, 1.165) is 21.9 Å². The zero-order chi connectivity index (χ0) is 18.1. The fraction of sp³-hybridized carbons (Fsp3) is 0.182. The van der Waals surface area contributed by atoms with Crippen molar-refractivity contribution >= 4 is 22.4 Å². The van der Waals surface area contributed by atoms with Crippen molar-refractivity contribution in [2.45, 2.75) is 12.0 Å². The average Bonchev–Trinajstić information content (AvgIpc) is 2.70. The van der Waals surface area contributed by atoms with Crippen molar-refractivity contribution in [2.24, 2.45) is 4.99 Å². The Hall–Kier alpha value is -2.82. The van der Waals surface area contributed by atoms with Gasteiger partial charge in [0.05, 0.1) is 12.3 Å². The molecule has 0 fully saturated rings. The van der Waals surface area contributed by atoms with Crippen molar-refractivity contribution in [1.82, 2.24) is 5.32 Å². The standard InChI is InChI=1S/C22H20N2O2/c1-23-19(13-25)20-16-10-4-5-11-18(16)22(26)24-21(20)17-12-6-8-14-7-2-3-9-15(14)17/h2-12,19-20,23,25H,13H2,1H3. The monoisotopic (exact) mass is 344 g/mol. The molecule has 0 saturated heterocycles. The minimum Gasteiger partial charge on any atom is -0.395 e. The van der Waals surface area contributed by atoms with Gasteiger partial charge in [-0.15, -0.1) is 0 Å². The van der Waals surface area contributed by atoms with Crippen LogP contribution in [0.15, 0.2) is 71.7 Å². The van der Waals surface area contributed by atoms with Gasteiger partial charge in [-0.1, -0.05) is 60.7 Å². The Balaban J connectivity index is 1.97. The molecule has 0 saturated carbocycles. The van der Waals surface area contributed by atoms with Crippen LogP contribution in [0.25, 0.3) is 10.8 Å². The molecule has 2 unspecified atom stereocenters. The molecular weight excluding hydrogens is 324 g/mol. The quantitative estimate of drug-likeness (QED) is 0.764. The van der Waals surface area contributed by atoms with Gasteiger partial charge in [-0.25, -0.2) is 4.99 Å². The molecular formula is C22H20N2O2. The first kappa shape index (κ1) is 16.6. The number of aliphatic hydroxyl groups excluding tert-OH is 1. The lowest BCUT2D eigenvalue weighted by atomic mass is 9.79. The number of amides is 1. The summed E-state index contributed by atoms with van der Waals surface area (Å²) in [7, 11) is 1.82. The maximum atomic E-state index is 12.7. The normalized spacial score (nSPS) is 17.7. The number of aliphatic imine (C=N–C) groups is 1. The van der Waals surface area contributed by atoms with E-state index in [1.165, 1.54) is 0 Å². The number of carbonyl (C=O) groups excluding carboxylic acids is 1. The van der Waals surface area contributed by atoms with E-state index in [1.807, 2.05) is 55.6 Å². The van der Waals surface area contributed by atoms with Crippen molar-refractivity contribution in [3.8, 4) is 0 Å². The van der Waals surface area contributed by atoms with E-state index >= 15 is 0 Å². The van der Waals surface area contributed by atoms with E-state index < -0.39 is 0 Å². The first-order chi connectivity index (χ1) is 12.7. The molecule has 0 spiro atoms. The number of rotatable bonds is 4. The Kier molecular flexibility index (Phi) is 4.37. The number of carbonyl (C=O) groups is 1. The molecule has 0 bridgehead atoms. The predicted octanol–water partition coefficient (Wildman–Crippen LogP) is 3.15. The summed E-state index contributed by atoms with van der Waals surface area (Å²) >= 11 is 0. The first-order valence-electron chi connectivity index (χ1n) is 8.72. The van der Waals surface area contributed by atoms with Crippen LogP contribution >= 0.6 is 0 Å². The van der Waals surface area contributed by atoms with Crippen LogP contribution < -0.4 is 5.32 Å². The topological polar surface area (TPSA) is 61.7 Å². The summed E-state index contributed by atoms with van der Waals surface area (Å²) < 4.78 is 0. The number of hydrogen-bond acceptors (Lipinski definition) is 3. The summed E-state index contributed by atoms with van der Waals surface area (Å²) in [5.41, 5.74) is 3.16. The van der Waals surface area contributed by atoms with Crippen LogP contribution in [-0.2, 0) is 0 Å². The highest BCUT2D eigenvalue weighted by Gasteiger charge is 2.35. The van der Waals surface area contributed by atoms with Gasteiger partial charge in [0.15, 0.2) is 0 Å². The van der Waals surface area contributed by atoms with Crippen LogP contribution in [0.4, 0.5) is 0 Å². The summed E-state index contributed by atoms with van der Waals surface area (Å²) in [4.78, 5) is 17.1. The van der Waals surface area contributed by atoms with E-state index in [-0.39, 0.29) is 24.5 Å². The maximum Gasteiger partial charge on any atom is 0.277 e. The molecule has 2 atom stereocenters. The molecule has 4 rings (SSSR count). The van der Waals surface area contributed by atoms with Gasteiger partial charge >= 0.3 is 0 Å². The molecule has 130 valence electrons. The number of fused-ring (bicyclic) bond motifs is 2. The fourth-order valence-corrected chi connectivity index (χ4v) is 3.80. The van der Waals surface area contributed by atoms with Crippen LogP contribution in [0.3, 0.4) is 0 Å². The third-order valence-corrected chi connectivity index (χ3v) is 5.08. The number of hydrogen-bond donors (Lipinski definition) is 2. The van der Waals surface area contributed by atoms with E-state index in [0.29, 0.717) is 11.3 Å². The molecule has 1 amide bonds. The van der Waals surface area contributed by atoms with E-state index in [9.17, 15) is 9.90 Å². The molecule has 1 aliphatic rings. The lowest BCUT2D eigenvalue weighted by molar-refractivity contribution is 0.0997. The molecule has 1 heterocycles. The highest BCUT2D eigenvalue weighted by Crippen LogP contribution is 2.34. The SMILES string of the molecule is CNC(CO)C1C(c2cccc3ccccc23)=NC(=O)c2ccccc21. The predicted molar refractivity (Wildman–Crippen MR) is 104 cm³/mol. The molecule has 3 aromatic carbocycles. The third-order valence-electron chi connectivity index (χ3n) is 5.08. The molecule has 4 nitrogen and oxygen atoms in total. The number of likely N-dealkylation sites (N-methyl/N-ethyl adjacent to an activating group) is 1. The van der Waals surface area contributed by atoms with Crippen molar-refractivity contribution in [1.29, 1.82) is 0 Å².